The van der Waals surface area contributed by atoms with Crippen LogP contribution in [0.4, 0.5) is 5.69 Å². The minimum Gasteiger partial charge on any atom is -0.463 e. The molecule has 0 aliphatic rings. The lowest BCUT2D eigenvalue weighted by Crippen LogP contribution is -2.32. The summed E-state index contributed by atoms with van der Waals surface area (Å²) in [4.78, 5) is 23.3. The number of hydrogen-bond acceptors (Lipinski definition) is 4. The predicted octanol–water partition coefficient (Wildman–Crippen LogP) is 2.52. The van der Waals surface area contributed by atoms with Crippen molar-refractivity contribution in [2.75, 3.05) is 5.32 Å². The van der Waals surface area contributed by atoms with Crippen LogP contribution in [0, 0.1) is 0 Å². The molecule has 2 amide bonds. The third-order valence-corrected chi connectivity index (χ3v) is 3.04. The fourth-order valence-corrected chi connectivity index (χ4v) is 1.71. The Morgan fingerprint density at radius 3 is 2.48 bits per heavy atom. The molecule has 0 bridgehead atoms. The molecule has 6 nitrogen and oxygen atoms in total. The van der Waals surface area contributed by atoms with Crippen LogP contribution in [0.25, 0.3) is 0 Å². The highest BCUT2D eigenvalue weighted by Crippen LogP contribution is 2.13. The van der Waals surface area contributed by atoms with Gasteiger partial charge in [-0.15, -0.1) is 0 Å². The zero-order valence-corrected chi connectivity index (χ0v) is 12.7. The SMILES string of the molecule is C/C(=N\NC(=O)C(=O)Nc1ccc(Br)cc1)c1ccco1. The number of rotatable bonds is 3. The molecule has 21 heavy (non-hydrogen) atoms. The summed E-state index contributed by atoms with van der Waals surface area (Å²) in [7, 11) is 0. The van der Waals surface area contributed by atoms with Gasteiger partial charge in [-0.2, -0.15) is 5.10 Å². The number of anilines is 1. The van der Waals surface area contributed by atoms with E-state index < -0.39 is 11.8 Å². The second kappa shape index (κ2) is 6.85. The molecule has 0 saturated heterocycles. The molecule has 2 rings (SSSR count). The van der Waals surface area contributed by atoms with E-state index in [1.165, 1.54) is 6.26 Å². The minimum atomic E-state index is -0.858. The molecule has 108 valence electrons. The molecule has 1 aromatic carbocycles. The maximum atomic E-state index is 11.7. The topological polar surface area (TPSA) is 83.7 Å². The summed E-state index contributed by atoms with van der Waals surface area (Å²) in [5, 5.41) is 6.26. The first-order valence-electron chi connectivity index (χ1n) is 6.01. The summed E-state index contributed by atoms with van der Waals surface area (Å²) < 4.78 is 5.99. The number of nitrogens with one attached hydrogen (secondary N) is 2. The van der Waals surface area contributed by atoms with Gasteiger partial charge in [0.05, 0.1) is 6.26 Å². The monoisotopic (exact) mass is 349 g/mol. The third-order valence-electron chi connectivity index (χ3n) is 2.51. The van der Waals surface area contributed by atoms with Crippen LogP contribution in [0.5, 0.6) is 0 Å². The summed E-state index contributed by atoms with van der Waals surface area (Å²) in [5.41, 5.74) is 3.15. The van der Waals surface area contributed by atoms with E-state index in [2.05, 4.69) is 31.8 Å². The van der Waals surface area contributed by atoms with Crippen molar-refractivity contribution >= 4 is 39.1 Å². The van der Waals surface area contributed by atoms with E-state index in [9.17, 15) is 9.59 Å². The Balaban J connectivity index is 1.92. The molecule has 0 saturated carbocycles. The molecule has 0 spiro atoms. The Kier molecular flexibility index (Phi) is 4.89. The summed E-state index contributed by atoms with van der Waals surface area (Å²) in [6, 6.07) is 10.3. The lowest BCUT2D eigenvalue weighted by atomic mass is 10.3. The van der Waals surface area contributed by atoms with Crippen molar-refractivity contribution in [1.82, 2.24) is 5.43 Å². The molecule has 7 heteroatoms. The van der Waals surface area contributed by atoms with Gasteiger partial charge in [0.15, 0.2) is 0 Å². The summed E-state index contributed by atoms with van der Waals surface area (Å²) in [6.07, 6.45) is 1.50. The summed E-state index contributed by atoms with van der Waals surface area (Å²) >= 11 is 3.28. The maximum Gasteiger partial charge on any atom is 0.329 e. The van der Waals surface area contributed by atoms with Crippen molar-refractivity contribution in [3.63, 3.8) is 0 Å². The number of benzene rings is 1. The number of halogens is 1. The van der Waals surface area contributed by atoms with Crippen LogP contribution in [0.1, 0.15) is 12.7 Å². The third kappa shape index (κ3) is 4.28. The van der Waals surface area contributed by atoms with Gasteiger partial charge in [-0.25, -0.2) is 5.43 Å². The standard InChI is InChI=1S/C14H12BrN3O3/c1-9(12-3-2-8-21-12)17-18-14(20)13(19)16-11-6-4-10(15)5-7-11/h2-8H,1H3,(H,16,19)(H,18,20)/b17-9+. The quantitative estimate of drug-likeness (QED) is 0.507. The fourth-order valence-electron chi connectivity index (χ4n) is 1.45. The van der Waals surface area contributed by atoms with Gasteiger partial charge in [0, 0.05) is 10.2 Å². The number of nitrogens with zero attached hydrogens (tertiary/aromatic N) is 1. The second-order valence-corrected chi connectivity index (χ2v) is 4.99. The zero-order valence-electron chi connectivity index (χ0n) is 11.1. The van der Waals surface area contributed by atoms with E-state index in [0.29, 0.717) is 17.2 Å². The van der Waals surface area contributed by atoms with Crippen LogP contribution in [-0.4, -0.2) is 17.5 Å². The van der Waals surface area contributed by atoms with Gasteiger partial charge in [0.1, 0.15) is 11.5 Å². The summed E-state index contributed by atoms with van der Waals surface area (Å²) in [6.45, 7) is 1.66. The van der Waals surface area contributed by atoms with Crippen molar-refractivity contribution in [2.24, 2.45) is 5.10 Å². The van der Waals surface area contributed by atoms with Crippen molar-refractivity contribution in [3.8, 4) is 0 Å². The van der Waals surface area contributed by atoms with Gasteiger partial charge in [0.2, 0.25) is 0 Å². The first-order chi connectivity index (χ1) is 10.1. The molecule has 0 aliphatic carbocycles. The van der Waals surface area contributed by atoms with Crippen molar-refractivity contribution in [3.05, 3.63) is 52.9 Å². The van der Waals surface area contributed by atoms with Crippen LogP contribution in [0.2, 0.25) is 0 Å². The first-order valence-corrected chi connectivity index (χ1v) is 6.80. The number of amides is 2. The Morgan fingerprint density at radius 2 is 1.86 bits per heavy atom. The van der Waals surface area contributed by atoms with Gasteiger partial charge >= 0.3 is 11.8 Å². The average molecular weight is 350 g/mol. The van der Waals surface area contributed by atoms with Gasteiger partial charge in [-0.1, -0.05) is 15.9 Å². The minimum absolute atomic E-state index is 0.463. The Labute approximate surface area is 129 Å². The molecule has 0 unspecified atom stereocenters. The van der Waals surface area contributed by atoms with Gasteiger partial charge in [-0.05, 0) is 43.3 Å². The van der Waals surface area contributed by atoms with E-state index in [0.717, 1.165) is 4.47 Å². The molecule has 0 radical (unpaired) electrons. The van der Waals surface area contributed by atoms with Crippen molar-refractivity contribution < 1.29 is 14.0 Å². The van der Waals surface area contributed by atoms with Crippen LogP contribution in [-0.2, 0) is 9.59 Å². The number of hydrogen-bond donors (Lipinski definition) is 2. The van der Waals surface area contributed by atoms with Crippen molar-refractivity contribution in [2.45, 2.75) is 6.92 Å². The lowest BCUT2D eigenvalue weighted by molar-refractivity contribution is -0.136. The number of carbonyl (C=O) groups is 2. The van der Waals surface area contributed by atoms with E-state index in [4.69, 9.17) is 4.42 Å². The van der Waals surface area contributed by atoms with Gasteiger partial charge in [0.25, 0.3) is 0 Å². The zero-order chi connectivity index (χ0) is 15.2. The number of carbonyl (C=O) groups excluding carboxylic acids is 2. The molecule has 2 aromatic rings. The highest BCUT2D eigenvalue weighted by Gasteiger charge is 2.13. The molecule has 1 aromatic heterocycles. The molecule has 0 aliphatic heterocycles. The summed E-state index contributed by atoms with van der Waals surface area (Å²) in [5.74, 6) is -1.14. The van der Waals surface area contributed by atoms with Crippen LogP contribution in [0.3, 0.4) is 0 Å². The van der Waals surface area contributed by atoms with Crippen molar-refractivity contribution in [1.29, 1.82) is 0 Å². The van der Waals surface area contributed by atoms with Gasteiger partial charge < -0.3 is 9.73 Å². The first kappa shape index (κ1) is 15.0. The Hall–Kier alpha value is -2.41. The smallest absolute Gasteiger partial charge is 0.329 e. The van der Waals surface area contributed by atoms with E-state index in [1.54, 1.807) is 43.3 Å². The van der Waals surface area contributed by atoms with E-state index >= 15 is 0 Å². The van der Waals surface area contributed by atoms with E-state index in [-0.39, 0.29) is 0 Å². The van der Waals surface area contributed by atoms with Crippen LogP contribution < -0.4 is 10.7 Å². The van der Waals surface area contributed by atoms with Crippen LogP contribution >= 0.6 is 15.9 Å². The molecule has 1 heterocycles. The molecule has 2 N–H and O–H groups in total. The highest BCUT2D eigenvalue weighted by molar-refractivity contribution is 9.10. The molecule has 0 atom stereocenters. The van der Waals surface area contributed by atoms with E-state index in [1.807, 2.05) is 0 Å². The Morgan fingerprint density at radius 1 is 1.14 bits per heavy atom. The van der Waals surface area contributed by atoms with Gasteiger partial charge in [-0.3, -0.25) is 9.59 Å². The molecular formula is C14H12BrN3O3. The van der Waals surface area contributed by atoms with Crippen LogP contribution in [0.15, 0.2) is 56.7 Å². The second-order valence-electron chi connectivity index (χ2n) is 4.08. The number of furan rings is 1. The largest absolute Gasteiger partial charge is 0.463 e. The Bertz CT molecular complexity index is 663. The average Bonchev–Trinajstić information content (AvgIpc) is 3.01. The normalized spacial score (nSPS) is 11.0. The maximum absolute atomic E-state index is 11.7. The number of hydrazone groups is 1. The molecular weight excluding hydrogens is 338 g/mol. The highest BCUT2D eigenvalue weighted by atomic mass is 79.9. The predicted molar refractivity (Wildman–Crippen MR) is 81.8 cm³/mol. The fraction of sp³-hybridized carbons (Fsp3) is 0.0714. The molecule has 0 fully saturated rings. The lowest BCUT2D eigenvalue weighted by Gasteiger charge is -2.04.